The highest BCUT2D eigenvalue weighted by atomic mass is 16.3. The molecule has 0 radical (unpaired) electrons. The van der Waals surface area contributed by atoms with Gasteiger partial charge in [0.15, 0.2) is 0 Å². The van der Waals surface area contributed by atoms with Gasteiger partial charge in [-0.2, -0.15) is 0 Å². The van der Waals surface area contributed by atoms with Crippen molar-refractivity contribution in [1.82, 2.24) is 9.88 Å². The molecule has 1 fully saturated rings. The van der Waals surface area contributed by atoms with Crippen molar-refractivity contribution in [3.63, 3.8) is 0 Å². The molecule has 0 spiro atoms. The molecule has 0 amide bonds. The molecule has 3 N–H and O–H groups in total. The zero-order chi connectivity index (χ0) is 13.7. The van der Waals surface area contributed by atoms with Crippen LogP contribution < -0.4 is 5.73 Å². The lowest BCUT2D eigenvalue weighted by Gasteiger charge is -2.39. The number of rotatable bonds is 5. The molecule has 1 aliphatic heterocycles. The van der Waals surface area contributed by atoms with Crippen molar-refractivity contribution in [3.8, 4) is 0 Å². The summed E-state index contributed by atoms with van der Waals surface area (Å²) in [6.07, 6.45) is 5.12. The molecule has 0 bridgehead atoms. The van der Waals surface area contributed by atoms with E-state index >= 15 is 0 Å². The number of piperidine rings is 1. The average molecular weight is 263 g/mol. The van der Waals surface area contributed by atoms with Crippen LogP contribution in [0.2, 0.25) is 0 Å². The summed E-state index contributed by atoms with van der Waals surface area (Å²) in [5.41, 5.74) is 7.25. The molecule has 106 valence electrons. The van der Waals surface area contributed by atoms with E-state index in [2.05, 4.69) is 22.9 Å². The lowest BCUT2D eigenvalue weighted by Crippen LogP contribution is -2.45. The Morgan fingerprint density at radius 2 is 2.37 bits per heavy atom. The van der Waals surface area contributed by atoms with Crippen LogP contribution in [-0.2, 0) is 0 Å². The zero-order valence-corrected chi connectivity index (χ0v) is 11.7. The summed E-state index contributed by atoms with van der Waals surface area (Å²) in [7, 11) is 0. The van der Waals surface area contributed by atoms with Crippen molar-refractivity contribution in [3.05, 3.63) is 30.1 Å². The quantitative estimate of drug-likeness (QED) is 0.846. The second-order valence-electron chi connectivity index (χ2n) is 5.57. The monoisotopic (exact) mass is 263 g/mol. The minimum atomic E-state index is 0.0581. The van der Waals surface area contributed by atoms with E-state index in [-0.39, 0.29) is 18.7 Å². The SMILES string of the molecule is CC(N)C(c1ccccn1)N1CCCC(CCO)C1. The molecule has 1 aromatic rings. The van der Waals surface area contributed by atoms with Crippen LogP contribution in [0.15, 0.2) is 24.4 Å². The van der Waals surface area contributed by atoms with Gasteiger partial charge in [-0.15, -0.1) is 0 Å². The first-order valence-electron chi connectivity index (χ1n) is 7.23. The van der Waals surface area contributed by atoms with Gasteiger partial charge >= 0.3 is 0 Å². The van der Waals surface area contributed by atoms with Crippen molar-refractivity contribution in [2.75, 3.05) is 19.7 Å². The molecular formula is C15H25N3O. The van der Waals surface area contributed by atoms with E-state index in [1.54, 1.807) is 0 Å². The Morgan fingerprint density at radius 3 is 3.00 bits per heavy atom. The summed E-state index contributed by atoms with van der Waals surface area (Å²) >= 11 is 0. The van der Waals surface area contributed by atoms with Crippen LogP contribution in [0.25, 0.3) is 0 Å². The highest BCUT2D eigenvalue weighted by Gasteiger charge is 2.29. The van der Waals surface area contributed by atoms with Crippen LogP contribution in [0.5, 0.6) is 0 Å². The van der Waals surface area contributed by atoms with Crippen LogP contribution in [0.1, 0.15) is 37.9 Å². The molecular weight excluding hydrogens is 238 g/mol. The molecule has 3 atom stereocenters. The van der Waals surface area contributed by atoms with Gasteiger partial charge in [-0.3, -0.25) is 9.88 Å². The van der Waals surface area contributed by atoms with Crippen molar-refractivity contribution in [1.29, 1.82) is 0 Å². The van der Waals surface area contributed by atoms with E-state index in [4.69, 9.17) is 10.8 Å². The molecule has 1 aromatic heterocycles. The predicted octanol–water partition coefficient (Wildman–Crippen LogP) is 1.56. The largest absolute Gasteiger partial charge is 0.396 e. The second-order valence-corrected chi connectivity index (χ2v) is 5.57. The maximum absolute atomic E-state index is 9.11. The van der Waals surface area contributed by atoms with Gasteiger partial charge in [0.05, 0.1) is 11.7 Å². The summed E-state index contributed by atoms with van der Waals surface area (Å²) in [6, 6.07) is 6.26. The Balaban J connectivity index is 2.11. The number of aliphatic hydroxyl groups is 1. The van der Waals surface area contributed by atoms with Crippen LogP contribution in [-0.4, -0.2) is 40.7 Å². The van der Waals surface area contributed by atoms with Crippen molar-refractivity contribution in [2.24, 2.45) is 11.7 Å². The van der Waals surface area contributed by atoms with Crippen molar-refractivity contribution < 1.29 is 5.11 Å². The number of aromatic nitrogens is 1. The highest BCUT2D eigenvalue weighted by Crippen LogP contribution is 2.28. The maximum atomic E-state index is 9.11. The first-order chi connectivity index (χ1) is 9.22. The first kappa shape index (κ1) is 14.4. The number of likely N-dealkylation sites (tertiary alicyclic amines) is 1. The van der Waals surface area contributed by atoms with Gasteiger partial charge in [0.2, 0.25) is 0 Å². The number of aliphatic hydroxyl groups excluding tert-OH is 1. The standard InChI is InChI=1S/C15H25N3O/c1-12(16)15(14-6-2-3-8-17-14)18-9-4-5-13(11-18)7-10-19/h2-3,6,8,12-13,15,19H,4-5,7,9-11,16H2,1H3. The Hall–Kier alpha value is -0.970. The Kier molecular flexibility index (Phi) is 5.31. The fourth-order valence-electron chi connectivity index (χ4n) is 3.11. The molecule has 4 nitrogen and oxygen atoms in total. The molecule has 0 aliphatic carbocycles. The van der Waals surface area contributed by atoms with Gasteiger partial charge in [0.1, 0.15) is 0 Å². The number of nitrogens with two attached hydrogens (primary N) is 1. The summed E-state index contributed by atoms with van der Waals surface area (Å²) in [4.78, 5) is 6.92. The number of hydrogen-bond acceptors (Lipinski definition) is 4. The molecule has 4 heteroatoms. The third-order valence-corrected chi connectivity index (χ3v) is 3.97. The summed E-state index contributed by atoms with van der Waals surface area (Å²) < 4.78 is 0. The molecule has 1 saturated heterocycles. The van der Waals surface area contributed by atoms with Crippen LogP contribution in [0.4, 0.5) is 0 Å². The topological polar surface area (TPSA) is 62.4 Å². The lowest BCUT2D eigenvalue weighted by molar-refractivity contribution is 0.0947. The molecule has 2 rings (SSSR count). The average Bonchev–Trinajstić information content (AvgIpc) is 2.40. The van der Waals surface area contributed by atoms with E-state index in [1.165, 1.54) is 12.8 Å². The highest BCUT2D eigenvalue weighted by molar-refractivity contribution is 5.11. The smallest absolute Gasteiger partial charge is 0.0671 e. The second kappa shape index (κ2) is 6.98. The van der Waals surface area contributed by atoms with Crippen molar-refractivity contribution >= 4 is 0 Å². The fraction of sp³-hybridized carbons (Fsp3) is 0.667. The van der Waals surface area contributed by atoms with Gasteiger partial charge in [-0.05, 0) is 50.8 Å². The zero-order valence-electron chi connectivity index (χ0n) is 11.7. The Labute approximate surface area is 115 Å². The van der Waals surface area contributed by atoms with Gasteiger partial charge in [-0.1, -0.05) is 6.07 Å². The molecule has 3 unspecified atom stereocenters. The fourth-order valence-corrected chi connectivity index (χ4v) is 3.11. The first-order valence-corrected chi connectivity index (χ1v) is 7.23. The van der Waals surface area contributed by atoms with Gasteiger partial charge < -0.3 is 10.8 Å². The lowest BCUT2D eigenvalue weighted by atomic mass is 9.92. The molecule has 0 saturated carbocycles. The van der Waals surface area contributed by atoms with Gasteiger partial charge in [0.25, 0.3) is 0 Å². The maximum Gasteiger partial charge on any atom is 0.0671 e. The third kappa shape index (κ3) is 3.75. The number of nitrogens with zero attached hydrogens (tertiary/aromatic N) is 2. The predicted molar refractivity (Wildman–Crippen MR) is 76.6 cm³/mol. The third-order valence-electron chi connectivity index (χ3n) is 3.97. The van der Waals surface area contributed by atoms with Crippen LogP contribution >= 0.6 is 0 Å². The van der Waals surface area contributed by atoms with Crippen molar-refractivity contribution in [2.45, 2.75) is 38.3 Å². The summed E-state index contributed by atoms with van der Waals surface area (Å²) in [6.45, 7) is 4.42. The summed E-state index contributed by atoms with van der Waals surface area (Å²) in [5.74, 6) is 0.587. The molecule has 0 aromatic carbocycles. The van der Waals surface area contributed by atoms with Crippen LogP contribution in [0, 0.1) is 5.92 Å². The van der Waals surface area contributed by atoms with E-state index in [1.807, 2.05) is 18.3 Å². The number of pyridine rings is 1. The molecule has 2 heterocycles. The van der Waals surface area contributed by atoms with Gasteiger partial charge in [-0.25, -0.2) is 0 Å². The van der Waals surface area contributed by atoms with E-state index < -0.39 is 0 Å². The molecule has 19 heavy (non-hydrogen) atoms. The van der Waals surface area contributed by atoms with E-state index in [0.717, 1.165) is 25.2 Å². The summed E-state index contributed by atoms with van der Waals surface area (Å²) in [5, 5.41) is 9.11. The minimum absolute atomic E-state index is 0.0581. The Morgan fingerprint density at radius 1 is 1.53 bits per heavy atom. The molecule has 1 aliphatic rings. The van der Waals surface area contributed by atoms with E-state index in [0.29, 0.717) is 5.92 Å². The Bertz CT molecular complexity index is 367. The minimum Gasteiger partial charge on any atom is -0.396 e. The van der Waals surface area contributed by atoms with Crippen LogP contribution in [0.3, 0.4) is 0 Å². The number of hydrogen-bond donors (Lipinski definition) is 2. The normalized spacial score (nSPS) is 24.1. The van der Waals surface area contributed by atoms with Gasteiger partial charge in [0, 0.05) is 25.4 Å². The van der Waals surface area contributed by atoms with E-state index in [9.17, 15) is 0 Å².